The number of guanidine groups is 1. The predicted octanol–water partition coefficient (Wildman–Crippen LogP) is 2.88. The Morgan fingerprint density at radius 1 is 1.03 bits per heavy atom. The van der Waals surface area contributed by atoms with Gasteiger partial charge in [0.15, 0.2) is 5.96 Å². The fourth-order valence-corrected chi connectivity index (χ4v) is 3.69. The number of anilines is 1. The number of aliphatic imine (C=N–C) groups is 1. The van der Waals surface area contributed by atoms with Crippen LogP contribution in [-0.2, 0) is 10.2 Å². The average molecular weight is 550 g/mol. The number of carbonyl (C=O) groups excluding carboxylic acids is 1. The minimum Gasteiger partial charge on any atom is -0.356 e. The van der Waals surface area contributed by atoms with E-state index in [2.05, 4.69) is 63.6 Å². The first kappa shape index (κ1) is 25.9. The van der Waals surface area contributed by atoms with Crippen molar-refractivity contribution in [3.05, 3.63) is 60.3 Å². The Kier molecular flexibility index (Phi) is 10.2. The molecule has 0 radical (unpaired) electrons. The van der Waals surface area contributed by atoms with E-state index in [0.717, 1.165) is 44.5 Å². The third kappa shape index (κ3) is 7.36. The van der Waals surface area contributed by atoms with Crippen LogP contribution in [0.1, 0.15) is 25.8 Å². The number of rotatable bonds is 7. The molecule has 2 aromatic rings. The molecule has 2 N–H and O–H groups in total. The number of pyridine rings is 1. The van der Waals surface area contributed by atoms with Crippen molar-refractivity contribution in [2.24, 2.45) is 4.99 Å². The highest BCUT2D eigenvalue weighted by molar-refractivity contribution is 14.0. The van der Waals surface area contributed by atoms with Crippen LogP contribution >= 0.6 is 24.0 Å². The molecule has 1 fully saturated rings. The van der Waals surface area contributed by atoms with E-state index >= 15 is 0 Å². The number of nitrogens with one attached hydrogen (secondary N) is 2. The summed E-state index contributed by atoms with van der Waals surface area (Å²) in [7, 11) is 1.75. The summed E-state index contributed by atoms with van der Waals surface area (Å²) in [6, 6.07) is 16.4. The van der Waals surface area contributed by atoms with E-state index in [4.69, 9.17) is 0 Å². The number of carbonyl (C=O) groups is 1. The molecule has 3 rings (SSSR count). The summed E-state index contributed by atoms with van der Waals surface area (Å²) in [5.41, 5.74) is 1.25. The van der Waals surface area contributed by atoms with Gasteiger partial charge in [0.2, 0.25) is 5.91 Å². The Hall–Kier alpha value is -2.36. The van der Waals surface area contributed by atoms with Crippen LogP contribution in [0.25, 0.3) is 0 Å². The Morgan fingerprint density at radius 3 is 2.34 bits per heavy atom. The van der Waals surface area contributed by atoms with Crippen LogP contribution in [0, 0.1) is 0 Å². The van der Waals surface area contributed by atoms with E-state index in [0.29, 0.717) is 13.0 Å². The van der Waals surface area contributed by atoms with E-state index in [-0.39, 0.29) is 35.3 Å². The van der Waals surface area contributed by atoms with Gasteiger partial charge in [0.05, 0.1) is 0 Å². The minimum atomic E-state index is -0.0258. The molecule has 0 unspecified atom stereocenters. The second-order valence-corrected chi connectivity index (χ2v) is 8.41. The van der Waals surface area contributed by atoms with Gasteiger partial charge >= 0.3 is 0 Å². The predicted molar refractivity (Wildman–Crippen MR) is 142 cm³/mol. The molecule has 32 heavy (non-hydrogen) atoms. The molecule has 0 atom stereocenters. The lowest BCUT2D eigenvalue weighted by atomic mass is 9.85. The third-order valence-corrected chi connectivity index (χ3v) is 5.71. The smallest absolute Gasteiger partial charge is 0.224 e. The molecule has 1 aliphatic heterocycles. The van der Waals surface area contributed by atoms with Crippen LogP contribution in [0.5, 0.6) is 0 Å². The lowest BCUT2D eigenvalue weighted by Crippen LogP contribution is -2.50. The number of hydrogen-bond donors (Lipinski definition) is 2. The van der Waals surface area contributed by atoms with Crippen LogP contribution in [0.4, 0.5) is 5.82 Å². The Morgan fingerprint density at radius 2 is 1.72 bits per heavy atom. The summed E-state index contributed by atoms with van der Waals surface area (Å²) < 4.78 is 0. The maximum atomic E-state index is 12.6. The Labute approximate surface area is 208 Å². The molecule has 174 valence electrons. The molecule has 8 heteroatoms. The normalized spacial score (nSPS) is 14.5. The van der Waals surface area contributed by atoms with Crippen molar-refractivity contribution < 1.29 is 4.79 Å². The topological polar surface area (TPSA) is 72.9 Å². The van der Waals surface area contributed by atoms with Crippen LogP contribution < -0.4 is 15.5 Å². The molecule has 1 aromatic carbocycles. The molecule has 7 nitrogen and oxygen atoms in total. The van der Waals surface area contributed by atoms with Crippen molar-refractivity contribution in [3.8, 4) is 0 Å². The molecule has 1 amide bonds. The summed E-state index contributed by atoms with van der Waals surface area (Å²) in [6.07, 6.45) is 2.26. The lowest BCUT2D eigenvalue weighted by molar-refractivity contribution is -0.131. The maximum Gasteiger partial charge on any atom is 0.224 e. The van der Waals surface area contributed by atoms with E-state index in [1.165, 1.54) is 5.56 Å². The molecule has 1 aliphatic rings. The molecule has 2 heterocycles. The summed E-state index contributed by atoms with van der Waals surface area (Å²) in [5, 5.41) is 6.65. The van der Waals surface area contributed by atoms with Crippen LogP contribution in [0.15, 0.2) is 59.7 Å². The highest BCUT2D eigenvalue weighted by Gasteiger charge is 2.22. The van der Waals surface area contributed by atoms with Crippen LogP contribution in [0.2, 0.25) is 0 Å². The lowest BCUT2D eigenvalue weighted by Gasteiger charge is -2.35. The zero-order valence-corrected chi connectivity index (χ0v) is 21.6. The quantitative estimate of drug-likeness (QED) is 0.315. The summed E-state index contributed by atoms with van der Waals surface area (Å²) in [6.45, 7) is 8.81. The molecular weight excluding hydrogens is 515 g/mol. The van der Waals surface area contributed by atoms with Gasteiger partial charge in [-0.1, -0.05) is 50.2 Å². The molecular formula is C24H35IN6O. The molecule has 0 saturated carbocycles. The highest BCUT2D eigenvalue weighted by Crippen LogP contribution is 2.21. The molecule has 0 bridgehead atoms. The summed E-state index contributed by atoms with van der Waals surface area (Å²) in [5.74, 6) is 1.87. The Bertz CT molecular complexity index is 851. The number of aromatic nitrogens is 1. The van der Waals surface area contributed by atoms with Gasteiger partial charge in [-0.15, -0.1) is 24.0 Å². The van der Waals surface area contributed by atoms with Crippen molar-refractivity contribution >= 4 is 41.7 Å². The van der Waals surface area contributed by atoms with Crippen molar-refractivity contribution in [2.45, 2.75) is 25.7 Å². The first-order chi connectivity index (χ1) is 15.0. The molecule has 0 aliphatic carbocycles. The molecule has 1 aromatic heterocycles. The van der Waals surface area contributed by atoms with Crippen LogP contribution in [0.3, 0.4) is 0 Å². The standard InChI is InChI=1S/C24H34N6O.HI/c1-24(2,20-9-5-4-6-10-20)19-28-23(25-3)27-14-12-22(31)30-17-15-29(16-18-30)21-11-7-8-13-26-21;/h4-11,13H,12,14-19H2,1-3H3,(H2,25,27,28);1H. The first-order valence-corrected chi connectivity index (χ1v) is 10.9. The van der Waals surface area contributed by atoms with Gasteiger partial charge in [-0.25, -0.2) is 4.98 Å². The van der Waals surface area contributed by atoms with E-state index < -0.39 is 0 Å². The number of nitrogens with zero attached hydrogens (tertiary/aromatic N) is 4. The largest absolute Gasteiger partial charge is 0.356 e. The van der Waals surface area contributed by atoms with Gasteiger partial charge in [0.1, 0.15) is 5.82 Å². The monoisotopic (exact) mass is 550 g/mol. The van der Waals surface area contributed by atoms with Gasteiger partial charge in [0.25, 0.3) is 0 Å². The van der Waals surface area contributed by atoms with E-state index in [1.807, 2.05) is 29.2 Å². The summed E-state index contributed by atoms with van der Waals surface area (Å²) in [4.78, 5) is 25.5. The zero-order chi connectivity index (χ0) is 22.1. The fourth-order valence-electron chi connectivity index (χ4n) is 3.69. The second kappa shape index (κ2) is 12.6. The van der Waals surface area contributed by atoms with Crippen LogP contribution in [-0.4, -0.2) is 68.1 Å². The maximum absolute atomic E-state index is 12.6. The van der Waals surface area contributed by atoms with E-state index in [9.17, 15) is 4.79 Å². The number of piperazine rings is 1. The minimum absolute atomic E-state index is 0. The number of amides is 1. The van der Waals surface area contributed by atoms with Gasteiger partial charge in [-0.2, -0.15) is 0 Å². The third-order valence-electron chi connectivity index (χ3n) is 5.71. The van der Waals surface area contributed by atoms with Gasteiger partial charge in [-0.05, 0) is 17.7 Å². The van der Waals surface area contributed by atoms with Crippen molar-refractivity contribution in [2.75, 3.05) is 51.2 Å². The van der Waals surface area contributed by atoms with Crippen molar-refractivity contribution in [3.63, 3.8) is 0 Å². The zero-order valence-electron chi connectivity index (χ0n) is 19.3. The van der Waals surface area contributed by atoms with Gasteiger partial charge in [0, 0.05) is 64.3 Å². The first-order valence-electron chi connectivity index (χ1n) is 10.9. The Balaban J connectivity index is 0.00000363. The number of benzene rings is 1. The van der Waals surface area contributed by atoms with Crippen molar-refractivity contribution in [1.29, 1.82) is 0 Å². The number of halogens is 1. The molecule has 0 spiro atoms. The van der Waals surface area contributed by atoms with Gasteiger partial charge < -0.3 is 20.4 Å². The van der Waals surface area contributed by atoms with Crippen molar-refractivity contribution in [1.82, 2.24) is 20.5 Å². The SMILES string of the molecule is CN=C(NCCC(=O)N1CCN(c2ccccn2)CC1)NCC(C)(C)c1ccccc1.I. The van der Waals surface area contributed by atoms with Gasteiger partial charge in [-0.3, -0.25) is 9.79 Å². The van der Waals surface area contributed by atoms with E-state index in [1.54, 1.807) is 13.2 Å². The second-order valence-electron chi connectivity index (χ2n) is 8.41. The molecule has 1 saturated heterocycles. The number of hydrogen-bond acceptors (Lipinski definition) is 4. The fraction of sp³-hybridized carbons (Fsp3) is 0.458. The average Bonchev–Trinajstić information content (AvgIpc) is 2.82. The highest BCUT2D eigenvalue weighted by atomic mass is 127. The summed E-state index contributed by atoms with van der Waals surface area (Å²) >= 11 is 0.